The Morgan fingerprint density at radius 3 is 1.87 bits per heavy atom. The molecule has 1 heterocycles. The van der Waals surface area contributed by atoms with Crippen LogP contribution in [0.5, 0.6) is 5.75 Å². The SMILES string of the molecule is CC(C)C[C@H](NC(=O)[C@H](Cc1ccccc1)NC(=O)[C@@H](NC(=O)[C@H](Cc1cnc[nH]1)NC(=O)[C@H](CCC(N)=O)NC(=O)[C@@H](N)Cc1ccc(O)cc1)C(C)C)C(=O)NCC(=O)SCCC(=O)O. The van der Waals surface area contributed by atoms with Crippen molar-refractivity contribution in [1.82, 2.24) is 41.9 Å². The Kier molecular flexibility index (Phi) is 22.5. The van der Waals surface area contributed by atoms with Gasteiger partial charge in [0.15, 0.2) is 0 Å². The number of amides is 7. The van der Waals surface area contributed by atoms with Crippen LogP contribution in [0.2, 0.25) is 0 Å². The number of carboxylic acids is 1. The molecule has 67 heavy (non-hydrogen) atoms. The number of phenolic OH excluding ortho intramolecular Hbond substituents is 1. The van der Waals surface area contributed by atoms with Gasteiger partial charge in [0.2, 0.25) is 46.5 Å². The van der Waals surface area contributed by atoms with Gasteiger partial charge in [-0.15, -0.1) is 0 Å². The standard InChI is InChI=1S/C45H62N10O11S/c1-25(2)18-33(41(62)49-23-38(60)67-17-16-37(58)59)52-43(64)34(20-27-8-6-5-7-9-27)54-45(66)39(26(3)4)55-44(65)35(21-29-22-48-24-50-29)53-42(63)32(14-15-36(47)57)51-40(61)31(46)19-28-10-12-30(56)13-11-28/h5-13,22,24-26,31-35,39,56H,14-21,23,46H2,1-4H3,(H2,47,57)(H,48,50)(H,49,62)(H,51,61)(H,52,64)(H,53,63)(H,54,66)(H,55,65)(H,58,59)/t31-,32-,33-,34-,35-,39-/m0/s1. The van der Waals surface area contributed by atoms with Gasteiger partial charge in [-0.1, -0.05) is 81.9 Å². The number of H-pyrrole nitrogens is 1. The summed E-state index contributed by atoms with van der Waals surface area (Å²) in [5, 5.41) is 33.8. The van der Waals surface area contributed by atoms with Crippen molar-refractivity contribution in [2.24, 2.45) is 23.3 Å². The normalized spacial score (nSPS) is 13.8. The Bertz CT molecular complexity index is 2140. The Labute approximate surface area is 392 Å². The van der Waals surface area contributed by atoms with E-state index < -0.39 is 101 Å². The molecule has 364 valence electrons. The molecule has 0 aliphatic heterocycles. The van der Waals surface area contributed by atoms with E-state index in [2.05, 4.69) is 41.9 Å². The maximum Gasteiger partial charge on any atom is 0.304 e. The summed E-state index contributed by atoms with van der Waals surface area (Å²) in [6.45, 7) is 6.55. The molecule has 0 aliphatic carbocycles. The minimum absolute atomic E-state index is 0.0180. The molecule has 0 fully saturated rings. The van der Waals surface area contributed by atoms with Gasteiger partial charge in [-0.2, -0.15) is 0 Å². The third-order valence-corrected chi connectivity index (χ3v) is 11.0. The lowest BCUT2D eigenvalue weighted by Gasteiger charge is -2.29. The summed E-state index contributed by atoms with van der Waals surface area (Å²) in [6.07, 6.45) is 2.01. The monoisotopic (exact) mass is 950 g/mol. The Morgan fingerprint density at radius 1 is 0.687 bits per heavy atom. The molecule has 0 saturated carbocycles. The highest BCUT2D eigenvalue weighted by molar-refractivity contribution is 8.13. The molecular formula is C45H62N10O11S. The predicted octanol–water partition coefficient (Wildman–Crippen LogP) is -0.287. The van der Waals surface area contributed by atoms with Crippen LogP contribution in [0.3, 0.4) is 0 Å². The number of aliphatic carboxylic acids is 1. The average molecular weight is 951 g/mol. The first-order valence-electron chi connectivity index (χ1n) is 21.7. The molecule has 2 aromatic carbocycles. The van der Waals surface area contributed by atoms with Crippen molar-refractivity contribution < 1.29 is 53.4 Å². The molecule has 0 unspecified atom stereocenters. The number of aromatic nitrogens is 2. The largest absolute Gasteiger partial charge is 0.508 e. The van der Waals surface area contributed by atoms with Gasteiger partial charge in [-0.05, 0) is 54.4 Å². The second-order valence-electron chi connectivity index (χ2n) is 16.6. The Hall–Kier alpha value is -6.81. The van der Waals surface area contributed by atoms with Gasteiger partial charge in [0, 0.05) is 36.9 Å². The van der Waals surface area contributed by atoms with Crippen LogP contribution in [0.4, 0.5) is 0 Å². The van der Waals surface area contributed by atoms with Crippen LogP contribution in [0.1, 0.15) is 70.2 Å². The van der Waals surface area contributed by atoms with Crippen LogP contribution in [0, 0.1) is 11.8 Å². The summed E-state index contributed by atoms with van der Waals surface area (Å²) in [6, 6.07) is 7.15. The molecule has 0 spiro atoms. The van der Waals surface area contributed by atoms with Gasteiger partial charge in [0.05, 0.1) is 25.3 Å². The number of aromatic amines is 1. The lowest BCUT2D eigenvalue weighted by Crippen LogP contribution is -2.61. The van der Waals surface area contributed by atoms with Crippen molar-refractivity contribution in [1.29, 1.82) is 0 Å². The molecule has 3 rings (SSSR count). The summed E-state index contributed by atoms with van der Waals surface area (Å²) in [5.41, 5.74) is 13.2. The average Bonchev–Trinajstić information content (AvgIpc) is 3.79. The summed E-state index contributed by atoms with van der Waals surface area (Å²) in [4.78, 5) is 125. The van der Waals surface area contributed by atoms with Crippen LogP contribution in [-0.4, -0.2) is 121 Å². The number of phenols is 1. The van der Waals surface area contributed by atoms with E-state index in [-0.39, 0.29) is 62.4 Å². The fourth-order valence-corrected chi connectivity index (χ4v) is 7.26. The summed E-state index contributed by atoms with van der Waals surface area (Å²) in [5.74, 6) is -7.07. The van der Waals surface area contributed by atoms with E-state index >= 15 is 0 Å². The van der Waals surface area contributed by atoms with E-state index in [0.29, 0.717) is 16.8 Å². The highest BCUT2D eigenvalue weighted by atomic mass is 32.2. The van der Waals surface area contributed by atoms with E-state index in [9.17, 15) is 48.3 Å². The third-order valence-electron chi connectivity index (χ3n) is 10.1. The van der Waals surface area contributed by atoms with Gasteiger partial charge < -0.3 is 58.6 Å². The number of nitrogens with two attached hydrogens (primary N) is 2. The molecule has 6 atom stereocenters. The van der Waals surface area contributed by atoms with Gasteiger partial charge >= 0.3 is 5.97 Å². The first-order chi connectivity index (χ1) is 31.7. The third kappa shape index (κ3) is 20.1. The number of thioether (sulfide) groups is 1. The molecular weight excluding hydrogens is 889 g/mol. The molecule has 7 amide bonds. The van der Waals surface area contributed by atoms with E-state index in [1.54, 1.807) is 56.3 Å². The lowest BCUT2D eigenvalue weighted by atomic mass is 9.99. The molecule has 0 bridgehead atoms. The fourth-order valence-electron chi connectivity index (χ4n) is 6.58. The zero-order valence-corrected chi connectivity index (χ0v) is 38.7. The van der Waals surface area contributed by atoms with Crippen molar-refractivity contribution in [3.8, 4) is 5.75 Å². The zero-order chi connectivity index (χ0) is 49.6. The van der Waals surface area contributed by atoms with E-state index in [1.165, 1.54) is 24.7 Å². The maximum absolute atomic E-state index is 14.2. The van der Waals surface area contributed by atoms with Gasteiger partial charge in [0.25, 0.3) is 0 Å². The number of aromatic hydroxyl groups is 1. The van der Waals surface area contributed by atoms with E-state index in [0.717, 1.165) is 11.8 Å². The first-order valence-corrected chi connectivity index (χ1v) is 22.7. The topological polar surface area (TPSA) is 347 Å². The minimum atomic E-state index is -1.39. The number of primary amides is 1. The Morgan fingerprint density at radius 2 is 1.27 bits per heavy atom. The van der Waals surface area contributed by atoms with Crippen molar-refractivity contribution in [2.45, 2.75) is 109 Å². The molecule has 0 saturated heterocycles. The number of imidazole rings is 1. The van der Waals surface area contributed by atoms with Gasteiger partial charge in [-0.25, -0.2) is 4.98 Å². The predicted molar refractivity (Wildman–Crippen MR) is 247 cm³/mol. The summed E-state index contributed by atoms with van der Waals surface area (Å²) < 4.78 is 0. The number of carbonyl (C=O) groups is 9. The molecule has 22 heteroatoms. The van der Waals surface area contributed by atoms with Crippen LogP contribution < -0.4 is 43.4 Å². The van der Waals surface area contributed by atoms with Crippen molar-refractivity contribution in [3.05, 3.63) is 83.9 Å². The van der Waals surface area contributed by atoms with Crippen LogP contribution in [0.25, 0.3) is 0 Å². The molecule has 0 radical (unpaired) electrons. The zero-order valence-electron chi connectivity index (χ0n) is 37.9. The van der Waals surface area contributed by atoms with Gasteiger partial charge in [-0.3, -0.25) is 43.2 Å². The number of nitrogens with zero attached hydrogens (tertiary/aromatic N) is 1. The number of carbonyl (C=O) groups excluding carboxylic acids is 8. The van der Waals surface area contributed by atoms with Crippen LogP contribution >= 0.6 is 11.8 Å². The maximum atomic E-state index is 14.2. The fraction of sp³-hybridized carbons (Fsp3) is 0.467. The second kappa shape index (κ2) is 27.6. The molecule has 1 aromatic heterocycles. The number of carboxylic acid groups (broad SMARTS) is 1. The first kappa shape index (κ1) is 54.5. The van der Waals surface area contributed by atoms with Crippen LogP contribution in [0.15, 0.2) is 67.1 Å². The van der Waals surface area contributed by atoms with Crippen molar-refractivity contribution >= 4 is 64.2 Å². The smallest absolute Gasteiger partial charge is 0.304 e. The molecule has 21 nitrogen and oxygen atoms in total. The molecule has 3 aromatic rings. The molecule has 13 N–H and O–H groups in total. The summed E-state index contributed by atoms with van der Waals surface area (Å²) in [7, 11) is 0. The van der Waals surface area contributed by atoms with E-state index in [1.807, 2.05) is 13.8 Å². The number of hydrogen-bond acceptors (Lipinski definition) is 13. The molecule has 0 aliphatic rings. The number of benzene rings is 2. The number of nitrogens with one attached hydrogen (secondary N) is 7. The highest BCUT2D eigenvalue weighted by Gasteiger charge is 2.35. The quantitative estimate of drug-likeness (QED) is 0.0446. The van der Waals surface area contributed by atoms with Crippen molar-refractivity contribution in [2.75, 3.05) is 12.3 Å². The number of hydrogen-bond donors (Lipinski definition) is 11. The highest BCUT2D eigenvalue weighted by Crippen LogP contribution is 2.14. The van der Waals surface area contributed by atoms with Gasteiger partial charge in [0.1, 0.15) is 36.0 Å². The second-order valence-corrected chi connectivity index (χ2v) is 17.8. The van der Waals surface area contributed by atoms with Crippen molar-refractivity contribution in [3.63, 3.8) is 0 Å². The van der Waals surface area contributed by atoms with E-state index in [4.69, 9.17) is 16.6 Å². The minimum Gasteiger partial charge on any atom is -0.508 e. The lowest BCUT2D eigenvalue weighted by molar-refractivity contribution is -0.136. The number of rotatable bonds is 28. The Balaban J connectivity index is 1.83. The summed E-state index contributed by atoms with van der Waals surface area (Å²) >= 11 is 0.756. The van der Waals surface area contributed by atoms with Crippen LogP contribution in [-0.2, 0) is 62.4 Å².